The predicted molar refractivity (Wildman–Crippen MR) is 77.1 cm³/mol. The van der Waals surface area contributed by atoms with Crippen molar-refractivity contribution in [2.75, 3.05) is 24.3 Å². The van der Waals surface area contributed by atoms with E-state index in [0.717, 1.165) is 41.7 Å². The van der Waals surface area contributed by atoms with Gasteiger partial charge < -0.3 is 15.4 Å². The fourth-order valence-electron chi connectivity index (χ4n) is 2.26. The van der Waals surface area contributed by atoms with Crippen LogP contribution in [-0.4, -0.2) is 18.6 Å². The van der Waals surface area contributed by atoms with Crippen LogP contribution in [0, 0.1) is 6.92 Å². The Morgan fingerprint density at radius 1 is 1.26 bits per heavy atom. The molecular weight excluding hydrogens is 238 g/mol. The zero-order valence-electron chi connectivity index (χ0n) is 11.2. The molecule has 98 valence electrons. The lowest BCUT2D eigenvalue weighted by Gasteiger charge is -2.19. The summed E-state index contributed by atoms with van der Waals surface area (Å²) in [5, 5.41) is 0. The molecule has 0 saturated heterocycles. The lowest BCUT2D eigenvalue weighted by Crippen LogP contribution is -2.12. The Morgan fingerprint density at radius 3 is 2.89 bits per heavy atom. The summed E-state index contributed by atoms with van der Waals surface area (Å²) in [5.41, 5.74) is 9.75. The van der Waals surface area contributed by atoms with Crippen molar-refractivity contribution < 1.29 is 4.74 Å². The Morgan fingerprint density at radius 2 is 2.11 bits per heavy atom. The van der Waals surface area contributed by atoms with Crippen molar-refractivity contribution in [1.29, 1.82) is 0 Å². The van der Waals surface area contributed by atoms with E-state index in [-0.39, 0.29) is 0 Å². The number of rotatable bonds is 2. The molecular formula is C15H17N3O. The van der Waals surface area contributed by atoms with E-state index in [0.29, 0.717) is 0 Å². The van der Waals surface area contributed by atoms with Gasteiger partial charge in [-0.15, -0.1) is 0 Å². The maximum absolute atomic E-state index is 5.80. The number of nitrogens with two attached hydrogens (primary N) is 1. The first-order valence-corrected chi connectivity index (χ1v) is 6.38. The summed E-state index contributed by atoms with van der Waals surface area (Å²) in [5.74, 6) is 1.89. The van der Waals surface area contributed by atoms with Crippen molar-refractivity contribution in [1.82, 2.24) is 4.98 Å². The number of pyridine rings is 1. The highest BCUT2D eigenvalue weighted by Gasteiger charge is 2.14. The minimum absolute atomic E-state index is 0.722. The number of hydrogen-bond acceptors (Lipinski definition) is 4. The SMILES string of the molecule is Cc1nc(N(C)c2ccc3c(c2)CCO3)ccc1N. The second kappa shape index (κ2) is 4.46. The van der Waals surface area contributed by atoms with E-state index in [1.165, 1.54) is 5.56 Å². The van der Waals surface area contributed by atoms with Crippen molar-refractivity contribution >= 4 is 17.2 Å². The van der Waals surface area contributed by atoms with E-state index < -0.39 is 0 Å². The van der Waals surface area contributed by atoms with Gasteiger partial charge in [0.1, 0.15) is 11.6 Å². The Bertz CT molecular complexity index is 625. The van der Waals surface area contributed by atoms with Crippen LogP contribution in [0.15, 0.2) is 30.3 Å². The van der Waals surface area contributed by atoms with E-state index in [4.69, 9.17) is 10.5 Å². The molecule has 4 nitrogen and oxygen atoms in total. The van der Waals surface area contributed by atoms with Crippen LogP contribution in [0.2, 0.25) is 0 Å². The number of benzene rings is 1. The van der Waals surface area contributed by atoms with Crippen LogP contribution in [0.3, 0.4) is 0 Å². The molecule has 19 heavy (non-hydrogen) atoms. The molecule has 0 atom stereocenters. The van der Waals surface area contributed by atoms with Crippen LogP contribution in [0.25, 0.3) is 0 Å². The molecule has 1 aromatic heterocycles. The quantitative estimate of drug-likeness (QED) is 0.896. The molecule has 0 amide bonds. The third kappa shape index (κ3) is 2.10. The molecule has 2 heterocycles. The minimum Gasteiger partial charge on any atom is -0.493 e. The van der Waals surface area contributed by atoms with Gasteiger partial charge in [0.15, 0.2) is 0 Å². The zero-order chi connectivity index (χ0) is 13.4. The Labute approximate surface area is 112 Å². The van der Waals surface area contributed by atoms with E-state index in [2.05, 4.69) is 22.0 Å². The van der Waals surface area contributed by atoms with Crippen molar-refractivity contribution in [3.8, 4) is 5.75 Å². The maximum atomic E-state index is 5.80. The maximum Gasteiger partial charge on any atom is 0.133 e. The molecule has 0 fully saturated rings. The molecule has 0 unspecified atom stereocenters. The van der Waals surface area contributed by atoms with Crippen LogP contribution in [0.5, 0.6) is 5.75 Å². The number of fused-ring (bicyclic) bond motifs is 1. The zero-order valence-corrected chi connectivity index (χ0v) is 11.2. The number of anilines is 3. The van der Waals surface area contributed by atoms with Crippen molar-refractivity contribution in [3.05, 3.63) is 41.6 Å². The second-order valence-electron chi connectivity index (χ2n) is 4.79. The normalized spacial score (nSPS) is 12.9. The Balaban J connectivity index is 1.94. The fraction of sp³-hybridized carbons (Fsp3) is 0.267. The lowest BCUT2D eigenvalue weighted by atomic mass is 10.1. The van der Waals surface area contributed by atoms with E-state index in [9.17, 15) is 0 Å². The summed E-state index contributed by atoms with van der Waals surface area (Å²) in [6.07, 6.45) is 0.977. The van der Waals surface area contributed by atoms with Gasteiger partial charge in [0.2, 0.25) is 0 Å². The summed E-state index contributed by atoms with van der Waals surface area (Å²) >= 11 is 0. The molecule has 0 aliphatic carbocycles. The Hall–Kier alpha value is -2.23. The molecule has 1 aliphatic rings. The monoisotopic (exact) mass is 255 g/mol. The van der Waals surface area contributed by atoms with Gasteiger partial charge >= 0.3 is 0 Å². The van der Waals surface area contributed by atoms with Gasteiger partial charge in [-0.1, -0.05) is 0 Å². The number of hydrogen-bond donors (Lipinski definition) is 1. The van der Waals surface area contributed by atoms with Crippen LogP contribution in [0.1, 0.15) is 11.3 Å². The summed E-state index contributed by atoms with van der Waals surface area (Å²) in [4.78, 5) is 6.57. The highest BCUT2D eigenvalue weighted by molar-refractivity contribution is 5.63. The van der Waals surface area contributed by atoms with Crippen molar-refractivity contribution in [2.24, 2.45) is 0 Å². The number of ether oxygens (including phenoxy) is 1. The molecule has 2 N–H and O–H groups in total. The third-order valence-electron chi connectivity index (χ3n) is 3.52. The Kier molecular flexibility index (Phi) is 2.78. The average molecular weight is 255 g/mol. The van der Waals surface area contributed by atoms with Gasteiger partial charge in [0, 0.05) is 19.2 Å². The third-order valence-corrected chi connectivity index (χ3v) is 3.52. The molecule has 2 aromatic rings. The standard InChI is InChI=1S/C15H17N3O/c1-10-13(16)4-6-15(17-10)18(2)12-3-5-14-11(9-12)7-8-19-14/h3-6,9H,7-8,16H2,1-2H3. The van der Waals surface area contributed by atoms with Crippen LogP contribution in [-0.2, 0) is 6.42 Å². The summed E-state index contributed by atoms with van der Waals surface area (Å²) in [6.45, 7) is 2.70. The first-order chi connectivity index (χ1) is 9.15. The molecule has 1 aromatic carbocycles. The van der Waals surface area contributed by atoms with Gasteiger partial charge in [0.05, 0.1) is 18.0 Å². The van der Waals surface area contributed by atoms with E-state index in [1.807, 2.05) is 32.2 Å². The first kappa shape index (κ1) is 11.8. The van der Waals surface area contributed by atoms with Crippen LogP contribution >= 0.6 is 0 Å². The number of nitrogen functional groups attached to an aromatic ring is 1. The van der Waals surface area contributed by atoms with Gasteiger partial charge in [-0.05, 0) is 42.8 Å². The van der Waals surface area contributed by atoms with Crippen molar-refractivity contribution in [2.45, 2.75) is 13.3 Å². The van der Waals surface area contributed by atoms with E-state index >= 15 is 0 Å². The van der Waals surface area contributed by atoms with Gasteiger partial charge in [-0.2, -0.15) is 0 Å². The fourth-order valence-corrected chi connectivity index (χ4v) is 2.26. The highest BCUT2D eigenvalue weighted by Crippen LogP contribution is 2.31. The number of aromatic nitrogens is 1. The average Bonchev–Trinajstić information content (AvgIpc) is 2.88. The molecule has 0 radical (unpaired) electrons. The van der Waals surface area contributed by atoms with Crippen molar-refractivity contribution in [3.63, 3.8) is 0 Å². The largest absolute Gasteiger partial charge is 0.493 e. The minimum atomic E-state index is 0.722. The second-order valence-corrected chi connectivity index (χ2v) is 4.79. The van der Waals surface area contributed by atoms with Crippen LogP contribution < -0.4 is 15.4 Å². The highest BCUT2D eigenvalue weighted by atomic mass is 16.5. The topological polar surface area (TPSA) is 51.4 Å². The van der Waals surface area contributed by atoms with Gasteiger partial charge in [-0.25, -0.2) is 4.98 Å². The smallest absolute Gasteiger partial charge is 0.133 e. The van der Waals surface area contributed by atoms with Crippen LogP contribution in [0.4, 0.5) is 17.2 Å². The molecule has 0 bridgehead atoms. The molecule has 0 spiro atoms. The number of nitrogens with zero attached hydrogens (tertiary/aromatic N) is 2. The molecule has 1 aliphatic heterocycles. The molecule has 4 heteroatoms. The summed E-state index contributed by atoms with van der Waals surface area (Å²) in [6, 6.07) is 10.1. The molecule has 3 rings (SSSR count). The predicted octanol–water partition coefficient (Wildman–Crippen LogP) is 2.68. The summed E-state index contributed by atoms with van der Waals surface area (Å²) in [7, 11) is 2.01. The van der Waals surface area contributed by atoms with Gasteiger partial charge in [0.25, 0.3) is 0 Å². The lowest BCUT2D eigenvalue weighted by molar-refractivity contribution is 0.357. The van der Waals surface area contributed by atoms with E-state index in [1.54, 1.807) is 0 Å². The van der Waals surface area contributed by atoms with Gasteiger partial charge in [-0.3, -0.25) is 0 Å². The molecule has 0 saturated carbocycles. The summed E-state index contributed by atoms with van der Waals surface area (Å²) < 4.78 is 5.52. The number of aryl methyl sites for hydroxylation is 1. The first-order valence-electron chi connectivity index (χ1n) is 6.38.